The van der Waals surface area contributed by atoms with E-state index in [0.717, 1.165) is 25.7 Å². The summed E-state index contributed by atoms with van der Waals surface area (Å²) in [6.07, 6.45) is 7.49. The summed E-state index contributed by atoms with van der Waals surface area (Å²) < 4.78 is 0. The lowest BCUT2D eigenvalue weighted by atomic mass is 9.70. The molecule has 2 atom stereocenters. The van der Waals surface area contributed by atoms with Gasteiger partial charge in [0, 0.05) is 18.3 Å². The van der Waals surface area contributed by atoms with E-state index < -0.39 is 0 Å². The predicted molar refractivity (Wildman–Crippen MR) is 79.1 cm³/mol. The zero-order valence-corrected chi connectivity index (χ0v) is 13.3. The van der Waals surface area contributed by atoms with Gasteiger partial charge in [0.2, 0.25) is 0 Å². The third kappa shape index (κ3) is 3.27. The van der Waals surface area contributed by atoms with Crippen molar-refractivity contribution in [1.29, 1.82) is 0 Å². The predicted octanol–water partition coefficient (Wildman–Crippen LogP) is 4.56. The van der Waals surface area contributed by atoms with Gasteiger partial charge in [-0.1, -0.05) is 40.5 Å². The van der Waals surface area contributed by atoms with Gasteiger partial charge in [0.05, 0.1) is 0 Å². The largest absolute Gasteiger partial charge is 0.300 e. The van der Waals surface area contributed by atoms with Crippen LogP contribution in [0.5, 0.6) is 0 Å². The number of hydrogen-bond donors (Lipinski definition) is 0. The van der Waals surface area contributed by atoms with Crippen LogP contribution in [-0.4, -0.2) is 11.6 Å². The lowest BCUT2D eigenvalue weighted by molar-refractivity contribution is -0.128. The number of ketones is 2. The van der Waals surface area contributed by atoms with Gasteiger partial charge >= 0.3 is 0 Å². The number of hydrogen-bond acceptors (Lipinski definition) is 2. The van der Waals surface area contributed by atoms with Gasteiger partial charge in [0.25, 0.3) is 0 Å². The van der Waals surface area contributed by atoms with Gasteiger partial charge in [-0.3, -0.25) is 4.79 Å². The fourth-order valence-electron chi connectivity index (χ4n) is 3.53. The Morgan fingerprint density at radius 1 is 1.26 bits per heavy atom. The van der Waals surface area contributed by atoms with Crippen LogP contribution in [0.3, 0.4) is 0 Å². The SMILES string of the molecule is CC12CCC(CC1=O)C2(C)C.CCCCCC(C)=O. The molecule has 2 fully saturated rings. The van der Waals surface area contributed by atoms with E-state index in [1.54, 1.807) is 6.92 Å². The highest BCUT2D eigenvalue weighted by atomic mass is 16.1. The first-order valence-electron chi connectivity index (χ1n) is 7.78. The van der Waals surface area contributed by atoms with Crippen LogP contribution in [0.4, 0.5) is 0 Å². The van der Waals surface area contributed by atoms with Crippen LogP contribution in [0.2, 0.25) is 0 Å². The summed E-state index contributed by atoms with van der Waals surface area (Å²) in [5, 5.41) is 0. The fraction of sp³-hybridized carbons (Fsp3) is 0.882. The van der Waals surface area contributed by atoms with Crippen molar-refractivity contribution < 1.29 is 9.59 Å². The Morgan fingerprint density at radius 3 is 2.16 bits per heavy atom. The van der Waals surface area contributed by atoms with Crippen LogP contribution >= 0.6 is 0 Å². The van der Waals surface area contributed by atoms with Gasteiger partial charge in [-0.25, -0.2) is 0 Å². The highest BCUT2D eigenvalue weighted by Gasteiger charge is 2.61. The van der Waals surface area contributed by atoms with Gasteiger partial charge in [-0.05, 0) is 37.5 Å². The van der Waals surface area contributed by atoms with Gasteiger partial charge in [-0.2, -0.15) is 0 Å². The molecule has 0 aromatic heterocycles. The third-order valence-corrected chi connectivity index (χ3v) is 5.62. The minimum Gasteiger partial charge on any atom is -0.300 e. The van der Waals surface area contributed by atoms with Gasteiger partial charge in [-0.15, -0.1) is 0 Å². The van der Waals surface area contributed by atoms with E-state index in [2.05, 4.69) is 27.7 Å². The first kappa shape index (κ1) is 16.4. The maximum absolute atomic E-state index is 11.6. The molecule has 2 saturated carbocycles. The Morgan fingerprint density at radius 2 is 1.89 bits per heavy atom. The summed E-state index contributed by atoms with van der Waals surface area (Å²) in [5.41, 5.74) is 0.307. The van der Waals surface area contributed by atoms with Crippen molar-refractivity contribution in [3.8, 4) is 0 Å². The summed E-state index contributed by atoms with van der Waals surface area (Å²) in [5.74, 6) is 1.51. The van der Waals surface area contributed by atoms with E-state index in [-0.39, 0.29) is 10.8 Å². The highest BCUT2D eigenvalue weighted by Crippen LogP contribution is 2.63. The molecule has 0 aliphatic heterocycles. The number of carbonyl (C=O) groups is 2. The molecular formula is C17H30O2. The second kappa shape index (κ2) is 6.19. The Hall–Kier alpha value is -0.660. The monoisotopic (exact) mass is 266 g/mol. The normalized spacial score (nSPS) is 31.0. The Balaban J connectivity index is 0.000000203. The lowest BCUT2D eigenvalue weighted by Gasteiger charge is -2.32. The second-order valence-electron chi connectivity index (χ2n) is 7.08. The van der Waals surface area contributed by atoms with Crippen molar-refractivity contribution in [3.05, 3.63) is 0 Å². The molecule has 110 valence electrons. The van der Waals surface area contributed by atoms with Crippen molar-refractivity contribution in [2.75, 3.05) is 0 Å². The first-order chi connectivity index (χ1) is 8.75. The number of Topliss-reactive ketones (excluding diaryl/α,β-unsaturated/α-hetero) is 2. The molecule has 19 heavy (non-hydrogen) atoms. The Bertz CT molecular complexity index is 343. The smallest absolute Gasteiger partial charge is 0.139 e. The van der Waals surface area contributed by atoms with Crippen LogP contribution in [0, 0.1) is 16.7 Å². The molecule has 0 aromatic carbocycles. The molecule has 2 aliphatic carbocycles. The van der Waals surface area contributed by atoms with Gasteiger partial charge in [0.15, 0.2) is 0 Å². The summed E-state index contributed by atoms with van der Waals surface area (Å²) in [6.45, 7) is 10.5. The average molecular weight is 266 g/mol. The van der Waals surface area contributed by atoms with Gasteiger partial charge < -0.3 is 4.79 Å². The quantitative estimate of drug-likeness (QED) is 0.699. The average Bonchev–Trinajstić information content (AvgIpc) is 2.63. The van der Waals surface area contributed by atoms with Crippen LogP contribution in [-0.2, 0) is 9.59 Å². The van der Waals surface area contributed by atoms with Crippen LogP contribution in [0.25, 0.3) is 0 Å². The molecule has 2 aliphatic rings. The molecule has 0 N–H and O–H groups in total. The van der Waals surface area contributed by atoms with Crippen molar-refractivity contribution >= 4 is 11.6 Å². The summed E-state index contributed by atoms with van der Waals surface area (Å²) >= 11 is 0. The first-order valence-corrected chi connectivity index (χ1v) is 7.78. The fourth-order valence-corrected chi connectivity index (χ4v) is 3.53. The topological polar surface area (TPSA) is 34.1 Å². The molecule has 0 amide bonds. The van der Waals surface area contributed by atoms with E-state index in [4.69, 9.17) is 0 Å². The van der Waals surface area contributed by atoms with E-state index in [1.165, 1.54) is 19.3 Å². The standard InChI is InChI=1S/C10H16O.C7H14O/c1-9(2)7-4-5-10(9,3)8(11)6-7;1-3-4-5-6-7(2)8/h7H,4-6H2,1-3H3;3-6H2,1-2H3. The molecular weight excluding hydrogens is 236 g/mol. The highest BCUT2D eigenvalue weighted by molar-refractivity contribution is 5.89. The molecule has 0 aromatic rings. The molecule has 0 heterocycles. The zero-order chi connectivity index (χ0) is 14.7. The molecule has 0 spiro atoms. The summed E-state index contributed by atoms with van der Waals surface area (Å²) in [4.78, 5) is 21.9. The van der Waals surface area contributed by atoms with Crippen molar-refractivity contribution in [2.24, 2.45) is 16.7 Å². The summed E-state index contributed by atoms with van der Waals surface area (Å²) in [7, 11) is 0. The molecule has 2 unspecified atom stereocenters. The molecule has 2 bridgehead atoms. The van der Waals surface area contributed by atoms with Crippen LogP contribution in [0.15, 0.2) is 0 Å². The maximum Gasteiger partial charge on any atom is 0.139 e. The second-order valence-corrected chi connectivity index (χ2v) is 7.08. The number of rotatable bonds is 4. The molecule has 2 heteroatoms. The summed E-state index contributed by atoms with van der Waals surface area (Å²) in [6, 6.07) is 0. The molecule has 2 rings (SSSR count). The Labute approximate surface area is 118 Å². The zero-order valence-electron chi connectivity index (χ0n) is 13.3. The number of unbranched alkanes of at least 4 members (excludes halogenated alkanes) is 2. The van der Waals surface area contributed by atoms with Crippen LogP contribution < -0.4 is 0 Å². The third-order valence-electron chi connectivity index (χ3n) is 5.62. The van der Waals surface area contributed by atoms with Crippen LogP contribution in [0.1, 0.15) is 79.6 Å². The minimum atomic E-state index is 0.0255. The van der Waals surface area contributed by atoms with Crippen molar-refractivity contribution in [3.63, 3.8) is 0 Å². The number of fused-ring (bicyclic) bond motifs is 2. The molecule has 0 saturated heterocycles. The maximum atomic E-state index is 11.6. The van der Waals surface area contributed by atoms with Crippen molar-refractivity contribution in [1.82, 2.24) is 0 Å². The van der Waals surface area contributed by atoms with E-state index in [1.807, 2.05) is 0 Å². The molecule has 0 radical (unpaired) electrons. The Kier molecular flexibility index (Phi) is 5.34. The van der Waals surface area contributed by atoms with Gasteiger partial charge in [0.1, 0.15) is 11.6 Å². The molecule has 2 nitrogen and oxygen atoms in total. The van der Waals surface area contributed by atoms with E-state index >= 15 is 0 Å². The minimum absolute atomic E-state index is 0.0255. The van der Waals surface area contributed by atoms with E-state index in [9.17, 15) is 9.59 Å². The lowest BCUT2D eigenvalue weighted by Crippen LogP contribution is -2.32. The number of carbonyl (C=O) groups excluding carboxylic acids is 2. The van der Waals surface area contributed by atoms with Crippen molar-refractivity contribution in [2.45, 2.75) is 79.6 Å². The van der Waals surface area contributed by atoms with E-state index in [0.29, 0.717) is 17.5 Å².